The molecule has 0 fully saturated rings. The van der Waals surface area contributed by atoms with Crippen molar-refractivity contribution in [2.24, 2.45) is 0 Å². The average Bonchev–Trinajstić information content (AvgIpc) is 2.97. The molecule has 0 aliphatic rings. The first-order valence-electron chi connectivity index (χ1n) is 7.76. The van der Waals surface area contributed by atoms with Gasteiger partial charge >= 0.3 is 12.1 Å². The molecule has 0 aliphatic heterocycles. The lowest BCUT2D eigenvalue weighted by atomic mass is 10.2. The highest BCUT2D eigenvalue weighted by Gasteiger charge is 2.58. The Bertz CT molecular complexity index is 1030. The number of aromatic nitrogens is 5. The third-order valence-electron chi connectivity index (χ3n) is 3.47. The minimum Gasteiger partial charge on any atom is -0.470 e. The minimum atomic E-state index is -5.73. The zero-order chi connectivity index (χ0) is 20.5. The number of aromatic amines is 1. The van der Waals surface area contributed by atoms with Crippen LogP contribution in [0.3, 0.4) is 0 Å². The molecule has 150 valence electrons. The van der Waals surface area contributed by atoms with Crippen LogP contribution in [0.4, 0.5) is 22.0 Å². The van der Waals surface area contributed by atoms with Gasteiger partial charge in [0.2, 0.25) is 5.88 Å². The maximum atomic E-state index is 12.9. The molecule has 0 aliphatic carbocycles. The Kier molecular flexibility index (Phi) is 5.28. The van der Waals surface area contributed by atoms with Crippen molar-refractivity contribution < 1.29 is 26.7 Å². The van der Waals surface area contributed by atoms with Crippen LogP contribution in [0.25, 0.3) is 16.9 Å². The topological polar surface area (TPSA) is 85.2 Å². The molecule has 0 atom stereocenters. The van der Waals surface area contributed by atoms with Gasteiger partial charge in [0.1, 0.15) is 10.7 Å². The van der Waals surface area contributed by atoms with Crippen LogP contribution in [0.5, 0.6) is 5.88 Å². The molecule has 0 bridgehead atoms. The second kappa shape index (κ2) is 7.37. The Morgan fingerprint density at radius 1 is 1.21 bits per heavy atom. The second-order valence-electron chi connectivity index (χ2n) is 5.44. The number of nitrogens with one attached hydrogen (secondary N) is 1. The highest BCUT2D eigenvalue weighted by atomic mass is 32.2. The summed E-state index contributed by atoms with van der Waals surface area (Å²) < 4.78 is 68.2. The average molecular weight is 421 g/mol. The molecule has 28 heavy (non-hydrogen) atoms. The van der Waals surface area contributed by atoms with Gasteiger partial charge in [-0.15, -0.1) is 11.8 Å². The molecule has 0 amide bonds. The van der Waals surface area contributed by atoms with Gasteiger partial charge in [0, 0.05) is 12.3 Å². The van der Waals surface area contributed by atoms with Gasteiger partial charge in [-0.05, 0) is 5.75 Å². The molecule has 3 aromatic heterocycles. The molecule has 3 rings (SSSR count). The SMILES string of the molecule is CCSc1nn2ccc(=O)[nH]c2c1-c1cnc(OCC(F)(F)C(F)(F)F)cn1. The normalized spacial score (nSPS) is 12.5. The second-order valence-corrected chi connectivity index (χ2v) is 6.69. The predicted molar refractivity (Wildman–Crippen MR) is 89.7 cm³/mol. The smallest absolute Gasteiger partial charge is 0.456 e. The molecular formula is C15H12F5N5O2S. The van der Waals surface area contributed by atoms with E-state index in [-0.39, 0.29) is 11.3 Å². The number of H-pyrrole nitrogens is 1. The summed E-state index contributed by atoms with van der Waals surface area (Å²) in [5, 5.41) is 4.86. The number of hydrogen-bond acceptors (Lipinski definition) is 6. The third-order valence-corrected chi connectivity index (χ3v) is 4.32. The third kappa shape index (κ3) is 3.93. The van der Waals surface area contributed by atoms with Crippen LogP contribution in [0.1, 0.15) is 6.92 Å². The number of hydrogen-bond donors (Lipinski definition) is 1. The van der Waals surface area contributed by atoms with Crippen molar-refractivity contribution in [3.63, 3.8) is 0 Å². The molecular weight excluding hydrogens is 409 g/mol. The molecule has 13 heteroatoms. The molecule has 3 heterocycles. The zero-order valence-electron chi connectivity index (χ0n) is 14.1. The number of fused-ring (bicyclic) bond motifs is 1. The largest absolute Gasteiger partial charge is 0.470 e. The van der Waals surface area contributed by atoms with Crippen LogP contribution in [0.15, 0.2) is 34.5 Å². The van der Waals surface area contributed by atoms with Crippen LogP contribution < -0.4 is 10.3 Å². The summed E-state index contributed by atoms with van der Waals surface area (Å²) in [6, 6.07) is 1.29. The van der Waals surface area contributed by atoms with Crippen LogP contribution in [-0.4, -0.2) is 49.0 Å². The fourth-order valence-electron chi connectivity index (χ4n) is 2.17. The highest BCUT2D eigenvalue weighted by Crippen LogP contribution is 2.36. The first kappa shape index (κ1) is 20.0. The summed E-state index contributed by atoms with van der Waals surface area (Å²) in [7, 11) is 0. The van der Waals surface area contributed by atoms with E-state index in [4.69, 9.17) is 0 Å². The Balaban J connectivity index is 1.90. The molecule has 0 spiro atoms. The summed E-state index contributed by atoms with van der Waals surface area (Å²) in [6.07, 6.45) is -2.20. The lowest BCUT2D eigenvalue weighted by Gasteiger charge is -2.19. The molecule has 0 saturated carbocycles. The Morgan fingerprint density at radius 2 is 1.96 bits per heavy atom. The van der Waals surface area contributed by atoms with Crippen molar-refractivity contribution in [2.75, 3.05) is 12.4 Å². The van der Waals surface area contributed by atoms with Gasteiger partial charge in [-0.3, -0.25) is 4.79 Å². The van der Waals surface area contributed by atoms with E-state index in [9.17, 15) is 26.7 Å². The number of alkyl halides is 5. The Hall–Kier alpha value is -2.70. The van der Waals surface area contributed by atoms with Crippen LogP contribution in [-0.2, 0) is 0 Å². The number of ether oxygens (including phenoxy) is 1. The van der Waals surface area contributed by atoms with E-state index in [1.165, 1.54) is 28.5 Å². The first-order chi connectivity index (χ1) is 13.1. The fraction of sp³-hybridized carbons (Fsp3) is 0.333. The van der Waals surface area contributed by atoms with Gasteiger partial charge in [0.25, 0.3) is 5.56 Å². The zero-order valence-corrected chi connectivity index (χ0v) is 14.9. The highest BCUT2D eigenvalue weighted by molar-refractivity contribution is 7.99. The molecule has 3 aromatic rings. The Morgan fingerprint density at radius 3 is 2.57 bits per heavy atom. The van der Waals surface area contributed by atoms with Crippen LogP contribution >= 0.6 is 11.8 Å². The van der Waals surface area contributed by atoms with Crippen molar-refractivity contribution in [1.82, 2.24) is 24.6 Å². The number of halogens is 5. The molecule has 0 saturated heterocycles. The van der Waals surface area contributed by atoms with Gasteiger partial charge in [0.05, 0.1) is 23.7 Å². The van der Waals surface area contributed by atoms with Crippen molar-refractivity contribution in [3.8, 4) is 17.1 Å². The van der Waals surface area contributed by atoms with Crippen molar-refractivity contribution in [1.29, 1.82) is 0 Å². The monoisotopic (exact) mass is 421 g/mol. The van der Waals surface area contributed by atoms with Crippen molar-refractivity contribution in [3.05, 3.63) is 35.0 Å². The molecule has 0 unspecified atom stereocenters. The molecule has 1 N–H and O–H groups in total. The summed E-state index contributed by atoms with van der Waals surface area (Å²) in [5.74, 6) is -4.84. The number of rotatable bonds is 6. The molecule has 7 nitrogen and oxygen atoms in total. The van der Waals surface area contributed by atoms with Gasteiger partial charge < -0.3 is 9.72 Å². The number of nitrogens with zero attached hydrogens (tertiary/aromatic N) is 4. The fourth-order valence-corrected chi connectivity index (χ4v) is 2.94. The van der Waals surface area contributed by atoms with E-state index in [1.807, 2.05) is 6.92 Å². The first-order valence-corrected chi connectivity index (χ1v) is 8.75. The maximum Gasteiger partial charge on any atom is 0.456 e. The summed E-state index contributed by atoms with van der Waals surface area (Å²) in [5.41, 5.74) is 0.658. The van der Waals surface area contributed by atoms with E-state index >= 15 is 0 Å². The summed E-state index contributed by atoms with van der Waals surface area (Å²) in [4.78, 5) is 22.0. The van der Waals surface area contributed by atoms with E-state index in [0.29, 0.717) is 22.0 Å². The van der Waals surface area contributed by atoms with E-state index < -0.39 is 24.6 Å². The lowest BCUT2D eigenvalue weighted by molar-refractivity contribution is -0.290. The van der Waals surface area contributed by atoms with E-state index in [2.05, 4.69) is 24.8 Å². The minimum absolute atomic E-state index is 0.239. The van der Waals surface area contributed by atoms with Gasteiger partial charge in [0.15, 0.2) is 6.61 Å². The summed E-state index contributed by atoms with van der Waals surface area (Å²) >= 11 is 1.37. The van der Waals surface area contributed by atoms with Gasteiger partial charge in [-0.1, -0.05) is 6.92 Å². The maximum absolute atomic E-state index is 12.9. The van der Waals surface area contributed by atoms with Crippen molar-refractivity contribution in [2.45, 2.75) is 24.0 Å². The molecule has 0 aromatic carbocycles. The standard InChI is InChI=1S/C15H12F5N5O2S/c1-2-28-13-11(12-23-9(26)3-4-25(12)24-13)8-5-22-10(6-21-8)27-7-14(16,17)15(18,19)20/h3-6H,2,7H2,1H3,(H,23,26). The number of thioether (sulfide) groups is 1. The van der Waals surface area contributed by atoms with E-state index in [1.54, 1.807) is 0 Å². The molecule has 0 radical (unpaired) electrons. The van der Waals surface area contributed by atoms with Crippen LogP contribution in [0.2, 0.25) is 0 Å². The van der Waals surface area contributed by atoms with Crippen molar-refractivity contribution >= 4 is 17.4 Å². The Labute approximate surface area is 158 Å². The quantitative estimate of drug-likeness (QED) is 0.486. The van der Waals surface area contributed by atoms with Gasteiger partial charge in [-0.2, -0.15) is 27.1 Å². The van der Waals surface area contributed by atoms with Crippen LogP contribution in [0, 0.1) is 0 Å². The predicted octanol–water partition coefficient (Wildman–Crippen LogP) is 3.17. The summed E-state index contributed by atoms with van der Waals surface area (Å²) in [6.45, 7) is -0.0177. The van der Waals surface area contributed by atoms with Gasteiger partial charge in [-0.25, -0.2) is 14.5 Å². The van der Waals surface area contributed by atoms with E-state index in [0.717, 1.165) is 12.4 Å². The lowest BCUT2D eigenvalue weighted by Crippen LogP contribution is -2.41.